The third kappa shape index (κ3) is 4.09. The summed E-state index contributed by atoms with van der Waals surface area (Å²) < 4.78 is 24.9. The highest BCUT2D eigenvalue weighted by molar-refractivity contribution is 6.54. The Balaban J connectivity index is 1.69. The van der Waals surface area contributed by atoms with Gasteiger partial charge >= 0.3 is 0 Å². The first-order valence-electron chi connectivity index (χ1n) is 9.87. The van der Waals surface area contributed by atoms with Gasteiger partial charge in [-0.1, -0.05) is 19.0 Å². The fourth-order valence-electron chi connectivity index (χ4n) is 3.77. The fraction of sp³-hybridized carbons (Fsp3) is 0.318. The molecule has 0 bridgehead atoms. The average Bonchev–Trinajstić information content (AvgIpc) is 2.97. The van der Waals surface area contributed by atoms with E-state index >= 15 is 0 Å². The maximum Gasteiger partial charge on any atom is 0.281 e. The number of anilines is 2. The van der Waals surface area contributed by atoms with Crippen LogP contribution >= 0.6 is 0 Å². The number of carbonyl (C=O) groups excluding carboxylic acids is 2. The zero-order valence-corrected chi connectivity index (χ0v) is 17.1. The summed E-state index contributed by atoms with van der Waals surface area (Å²) in [5.41, 5.74) is 2.27. The number of oxime groups is 1. The van der Waals surface area contributed by atoms with Gasteiger partial charge in [0, 0.05) is 28.8 Å². The molecule has 0 saturated carbocycles. The van der Waals surface area contributed by atoms with E-state index in [9.17, 15) is 19.2 Å². The van der Waals surface area contributed by atoms with Gasteiger partial charge in [-0.05, 0) is 36.2 Å². The molecule has 0 spiro atoms. The molecule has 8 nitrogen and oxygen atoms in total. The Labute approximate surface area is 178 Å². The van der Waals surface area contributed by atoms with Gasteiger partial charge in [0.25, 0.3) is 5.91 Å². The first-order valence-corrected chi connectivity index (χ1v) is 9.87. The zero-order valence-electron chi connectivity index (χ0n) is 17.1. The molecule has 2 amide bonds. The maximum absolute atomic E-state index is 14.2. The lowest BCUT2D eigenvalue weighted by atomic mass is 10.1. The molecule has 4 rings (SSSR count). The molecule has 0 fully saturated rings. The number of halogens is 1. The summed E-state index contributed by atoms with van der Waals surface area (Å²) in [4.78, 5) is 26.4. The van der Waals surface area contributed by atoms with Crippen molar-refractivity contribution in [1.82, 2.24) is 0 Å². The van der Waals surface area contributed by atoms with Crippen LogP contribution in [0.4, 0.5) is 15.8 Å². The molecule has 9 heteroatoms. The van der Waals surface area contributed by atoms with E-state index in [1.165, 1.54) is 17.0 Å². The molecule has 2 aromatic carbocycles. The lowest BCUT2D eigenvalue weighted by Crippen LogP contribution is -2.30. The van der Waals surface area contributed by atoms with Crippen molar-refractivity contribution in [3.8, 4) is 5.75 Å². The van der Waals surface area contributed by atoms with Crippen molar-refractivity contribution in [2.45, 2.75) is 33.4 Å². The van der Waals surface area contributed by atoms with Gasteiger partial charge in [-0.3, -0.25) is 9.59 Å². The molecule has 0 unspecified atom stereocenters. The molecule has 0 saturated heterocycles. The Kier molecular flexibility index (Phi) is 5.60. The second-order valence-electron chi connectivity index (χ2n) is 7.88. The van der Waals surface area contributed by atoms with Crippen LogP contribution in [0, 0.1) is 11.7 Å². The molecule has 0 aliphatic carbocycles. The summed E-state index contributed by atoms with van der Waals surface area (Å²) >= 11 is 0. The Morgan fingerprint density at radius 3 is 2.87 bits per heavy atom. The van der Waals surface area contributed by atoms with Gasteiger partial charge in [0.15, 0.2) is 12.5 Å². The summed E-state index contributed by atoms with van der Waals surface area (Å²) in [5, 5.41) is 15.3. The molecule has 2 heterocycles. The molecule has 2 aromatic rings. The van der Waals surface area contributed by atoms with Crippen LogP contribution in [0.15, 0.2) is 35.5 Å². The Hall–Kier alpha value is -3.46. The number of fused-ring (bicyclic) bond motifs is 2. The van der Waals surface area contributed by atoms with Crippen LogP contribution in [0.25, 0.3) is 0 Å². The maximum atomic E-state index is 14.2. The highest BCUT2D eigenvalue weighted by Crippen LogP contribution is 2.36. The molecule has 2 aliphatic heterocycles. The van der Waals surface area contributed by atoms with Gasteiger partial charge < -0.3 is 24.9 Å². The van der Waals surface area contributed by atoms with Gasteiger partial charge in [0.1, 0.15) is 11.6 Å². The van der Waals surface area contributed by atoms with Crippen LogP contribution in [0.3, 0.4) is 0 Å². The van der Waals surface area contributed by atoms with Gasteiger partial charge in [-0.25, -0.2) is 4.39 Å². The van der Waals surface area contributed by atoms with Gasteiger partial charge in [-0.2, -0.15) is 0 Å². The highest BCUT2D eigenvalue weighted by atomic mass is 19.1. The number of amides is 2. The number of hydrogen-bond acceptors (Lipinski definition) is 6. The molecule has 31 heavy (non-hydrogen) atoms. The van der Waals surface area contributed by atoms with Crippen LogP contribution in [0.2, 0.25) is 0 Å². The molecule has 0 radical (unpaired) electrons. The minimum Gasteiger partial charge on any atom is -0.467 e. The largest absolute Gasteiger partial charge is 0.467 e. The summed E-state index contributed by atoms with van der Waals surface area (Å²) in [5.74, 6) is -0.482. The number of nitrogens with one attached hydrogen (secondary N) is 1. The molecular formula is C22H22FN3O5. The number of nitrogens with zero attached hydrogens (tertiary/aromatic N) is 2. The predicted octanol–water partition coefficient (Wildman–Crippen LogP) is 3.40. The highest BCUT2D eigenvalue weighted by Gasteiger charge is 2.36. The normalized spacial score (nSPS) is 16.3. The molecule has 0 aromatic heterocycles. The lowest BCUT2D eigenvalue weighted by molar-refractivity contribution is -0.117. The van der Waals surface area contributed by atoms with Crippen molar-refractivity contribution in [2.75, 3.05) is 17.0 Å². The quantitative estimate of drug-likeness (QED) is 0.563. The van der Waals surface area contributed by atoms with Gasteiger partial charge in [-0.15, -0.1) is 0 Å². The predicted molar refractivity (Wildman–Crippen MR) is 111 cm³/mol. The Morgan fingerprint density at radius 2 is 2.13 bits per heavy atom. The van der Waals surface area contributed by atoms with Crippen LogP contribution in [0.1, 0.15) is 37.0 Å². The smallest absolute Gasteiger partial charge is 0.281 e. The van der Waals surface area contributed by atoms with E-state index in [2.05, 4.69) is 10.5 Å². The standard InChI is InChI=1S/C22H22FN3O5/c1-12(2)5-19(27)24-16-3-4-17-18(8-16)26(22(28)20(17)25-29)9-13-6-15(23)7-14-10-30-11-31-21(13)14/h3-4,6-8,12,29H,5,9-11H2,1-2H3,(H,24,27)/b25-20-. The van der Waals surface area contributed by atoms with Crippen LogP contribution < -0.4 is 15.0 Å². The number of carbonyl (C=O) groups is 2. The SMILES string of the molecule is CC(C)CC(=O)Nc1ccc2c(c1)N(Cc1cc(F)cc3c1OCOC3)C(=O)/C2=N\O. The summed E-state index contributed by atoms with van der Waals surface area (Å²) in [6.45, 7) is 4.12. The van der Waals surface area contributed by atoms with Crippen LogP contribution in [0.5, 0.6) is 5.75 Å². The van der Waals surface area contributed by atoms with E-state index in [0.29, 0.717) is 40.2 Å². The third-order valence-electron chi connectivity index (χ3n) is 5.05. The average molecular weight is 427 g/mol. The minimum atomic E-state index is -0.534. The number of hydrogen-bond donors (Lipinski definition) is 2. The van der Waals surface area contributed by atoms with E-state index in [4.69, 9.17) is 9.47 Å². The zero-order chi connectivity index (χ0) is 22.1. The van der Waals surface area contributed by atoms with Crippen LogP contribution in [-0.2, 0) is 27.5 Å². The third-order valence-corrected chi connectivity index (χ3v) is 5.05. The summed E-state index contributed by atoms with van der Waals surface area (Å²) in [7, 11) is 0. The topological polar surface area (TPSA) is 100 Å². The lowest BCUT2D eigenvalue weighted by Gasteiger charge is -2.24. The van der Waals surface area contributed by atoms with Crippen molar-refractivity contribution in [3.05, 3.63) is 52.8 Å². The Morgan fingerprint density at radius 1 is 1.32 bits per heavy atom. The molecule has 2 aliphatic rings. The van der Waals surface area contributed by atoms with Crippen molar-refractivity contribution in [1.29, 1.82) is 0 Å². The molecule has 0 atom stereocenters. The first-order chi connectivity index (χ1) is 14.9. The fourth-order valence-corrected chi connectivity index (χ4v) is 3.77. The van der Waals surface area contributed by atoms with Crippen LogP contribution in [-0.4, -0.2) is 29.5 Å². The second kappa shape index (κ2) is 8.35. The van der Waals surface area contributed by atoms with E-state index < -0.39 is 11.7 Å². The van der Waals surface area contributed by atoms with Gasteiger partial charge in [0.2, 0.25) is 5.91 Å². The van der Waals surface area contributed by atoms with Crippen molar-refractivity contribution < 1.29 is 28.7 Å². The molecular weight excluding hydrogens is 405 g/mol. The summed E-state index contributed by atoms with van der Waals surface area (Å²) in [6.07, 6.45) is 0.359. The first kappa shape index (κ1) is 20.8. The molecule has 162 valence electrons. The van der Waals surface area contributed by atoms with E-state index in [1.54, 1.807) is 18.2 Å². The number of benzene rings is 2. The summed E-state index contributed by atoms with van der Waals surface area (Å²) in [6, 6.07) is 7.53. The van der Waals surface area contributed by atoms with E-state index in [0.717, 1.165) is 0 Å². The van der Waals surface area contributed by atoms with E-state index in [1.807, 2.05) is 13.8 Å². The monoisotopic (exact) mass is 427 g/mol. The number of ether oxygens (including phenoxy) is 2. The van der Waals surface area contributed by atoms with Crippen molar-refractivity contribution >= 4 is 28.9 Å². The van der Waals surface area contributed by atoms with Crippen molar-refractivity contribution in [2.24, 2.45) is 11.1 Å². The van der Waals surface area contributed by atoms with E-state index in [-0.39, 0.29) is 37.5 Å². The number of rotatable bonds is 5. The minimum absolute atomic E-state index is 0.00561. The second-order valence-corrected chi connectivity index (χ2v) is 7.88. The molecule has 2 N–H and O–H groups in total. The Bertz CT molecular complexity index is 1080. The van der Waals surface area contributed by atoms with Gasteiger partial charge in [0.05, 0.1) is 18.8 Å². The van der Waals surface area contributed by atoms with Crippen molar-refractivity contribution in [3.63, 3.8) is 0 Å².